The van der Waals surface area contributed by atoms with Gasteiger partial charge in [-0.3, -0.25) is 0 Å². The lowest BCUT2D eigenvalue weighted by Crippen LogP contribution is -1.94. The lowest BCUT2D eigenvalue weighted by atomic mass is 10.6. The molecule has 1 aromatic heterocycles. The summed E-state index contributed by atoms with van der Waals surface area (Å²) in [6, 6.07) is 0. The molecule has 1 aromatic rings. The van der Waals surface area contributed by atoms with E-state index in [0.717, 1.165) is 10.7 Å². The molecular weight excluding hydrogens is 200 g/mol. The zero-order chi connectivity index (χ0) is 5.98. The van der Waals surface area contributed by atoms with E-state index < -0.39 is 0 Å². The number of nitrogens with zero attached hydrogens (tertiary/aromatic N) is 1. The van der Waals surface area contributed by atoms with Gasteiger partial charge in [0.05, 0.1) is 0 Å². The molecule has 1 heterocycles. The summed E-state index contributed by atoms with van der Waals surface area (Å²) in [5, 5.41) is 3.02. The number of aryl methyl sites for hydroxylation is 1. The van der Waals surface area contributed by atoms with Crippen molar-refractivity contribution >= 4 is 28.3 Å². The summed E-state index contributed by atoms with van der Waals surface area (Å²) < 4.78 is 0. The first-order valence-corrected chi connectivity index (χ1v) is 3.32. The Hall–Kier alpha value is 0.0700. The molecule has 0 aliphatic rings. The smallest absolute Gasteiger partial charge is 0.106 e. The van der Waals surface area contributed by atoms with Crippen molar-refractivity contribution in [1.82, 2.24) is 4.98 Å². The number of hydrogen-bond donors (Lipinski definition) is 1. The summed E-state index contributed by atoms with van der Waals surface area (Å²) in [4.78, 5) is 4.12. The molecule has 0 fully saturated rings. The van der Waals surface area contributed by atoms with Crippen LogP contribution in [-0.4, -0.2) is 4.98 Å². The molecule has 1 rings (SSSR count). The summed E-state index contributed by atoms with van der Waals surface area (Å²) in [6.07, 6.45) is 0. The fourth-order valence-corrected chi connectivity index (χ4v) is 1.15. The van der Waals surface area contributed by atoms with Gasteiger partial charge in [-0.2, -0.15) is 0 Å². The maximum absolute atomic E-state index is 5.31. The molecule has 0 saturated heterocycles. The number of halogens is 1. The molecule has 4 heteroatoms. The molecule has 2 N–H and O–H groups in total. The van der Waals surface area contributed by atoms with E-state index >= 15 is 0 Å². The highest BCUT2D eigenvalue weighted by Gasteiger charge is 1.91. The highest BCUT2D eigenvalue weighted by molar-refractivity contribution is 8.93. The number of hydrogen-bond acceptors (Lipinski definition) is 3. The minimum absolute atomic E-state index is 0. The largest absolute Gasteiger partial charge is 0.325 e. The predicted octanol–water partition coefficient (Wildman–Crippen LogP) is 1.49. The van der Waals surface area contributed by atoms with E-state index in [4.69, 9.17) is 5.73 Å². The van der Waals surface area contributed by atoms with Crippen molar-refractivity contribution in [2.45, 2.75) is 13.5 Å². The maximum Gasteiger partial charge on any atom is 0.106 e. The quantitative estimate of drug-likeness (QED) is 0.760. The van der Waals surface area contributed by atoms with Crippen LogP contribution in [0, 0.1) is 6.92 Å². The molecule has 0 aliphatic heterocycles. The van der Waals surface area contributed by atoms with Gasteiger partial charge in [-0.05, 0) is 6.92 Å². The summed E-state index contributed by atoms with van der Waals surface area (Å²) in [7, 11) is 0. The monoisotopic (exact) mass is 208 g/mol. The molecule has 9 heavy (non-hydrogen) atoms. The molecule has 0 atom stereocenters. The topological polar surface area (TPSA) is 38.9 Å². The first-order chi connectivity index (χ1) is 3.83. The van der Waals surface area contributed by atoms with Gasteiger partial charge in [0.15, 0.2) is 0 Å². The Bertz CT molecular complexity index is 175. The van der Waals surface area contributed by atoms with Gasteiger partial charge >= 0.3 is 0 Å². The van der Waals surface area contributed by atoms with Crippen LogP contribution in [0.2, 0.25) is 0 Å². The van der Waals surface area contributed by atoms with Crippen LogP contribution in [0.25, 0.3) is 0 Å². The van der Waals surface area contributed by atoms with Crippen molar-refractivity contribution in [3.63, 3.8) is 0 Å². The first kappa shape index (κ1) is 9.07. The van der Waals surface area contributed by atoms with Gasteiger partial charge in [-0.25, -0.2) is 4.98 Å². The fraction of sp³-hybridized carbons (Fsp3) is 0.400. The minimum Gasteiger partial charge on any atom is -0.325 e. The van der Waals surface area contributed by atoms with E-state index in [1.807, 2.05) is 12.3 Å². The SMILES string of the molecule is Br.Cc1csc(CN)n1. The van der Waals surface area contributed by atoms with Crippen LogP contribution in [0.15, 0.2) is 5.38 Å². The zero-order valence-corrected chi connectivity index (χ0v) is 7.66. The van der Waals surface area contributed by atoms with Gasteiger partial charge < -0.3 is 5.73 Å². The van der Waals surface area contributed by atoms with Crippen molar-refractivity contribution in [3.8, 4) is 0 Å². The van der Waals surface area contributed by atoms with Gasteiger partial charge in [-0.15, -0.1) is 28.3 Å². The lowest BCUT2D eigenvalue weighted by Gasteiger charge is -1.80. The Morgan fingerprint density at radius 2 is 2.44 bits per heavy atom. The van der Waals surface area contributed by atoms with Crippen molar-refractivity contribution in [3.05, 3.63) is 16.1 Å². The molecule has 0 amide bonds. The van der Waals surface area contributed by atoms with Crippen molar-refractivity contribution < 1.29 is 0 Å². The fourth-order valence-electron chi connectivity index (χ4n) is 0.496. The van der Waals surface area contributed by atoms with E-state index in [1.54, 1.807) is 11.3 Å². The Labute approximate surface area is 68.9 Å². The molecule has 0 bridgehead atoms. The van der Waals surface area contributed by atoms with E-state index in [-0.39, 0.29) is 17.0 Å². The van der Waals surface area contributed by atoms with Crippen LogP contribution in [0.3, 0.4) is 0 Å². The summed E-state index contributed by atoms with van der Waals surface area (Å²) >= 11 is 1.61. The molecule has 52 valence electrons. The van der Waals surface area contributed by atoms with Gasteiger partial charge in [0.25, 0.3) is 0 Å². The Morgan fingerprint density at radius 1 is 1.78 bits per heavy atom. The number of rotatable bonds is 1. The number of aromatic nitrogens is 1. The van der Waals surface area contributed by atoms with Crippen LogP contribution in [0.1, 0.15) is 10.7 Å². The number of thiazole rings is 1. The second-order valence-electron chi connectivity index (χ2n) is 1.59. The molecule has 0 spiro atoms. The lowest BCUT2D eigenvalue weighted by molar-refractivity contribution is 1.02. The van der Waals surface area contributed by atoms with Crippen molar-refractivity contribution in [1.29, 1.82) is 0 Å². The minimum atomic E-state index is 0. The van der Waals surface area contributed by atoms with Crippen LogP contribution in [-0.2, 0) is 6.54 Å². The van der Waals surface area contributed by atoms with Gasteiger partial charge in [-0.1, -0.05) is 0 Å². The summed E-state index contributed by atoms with van der Waals surface area (Å²) in [5.41, 5.74) is 6.38. The molecule has 0 unspecified atom stereocenters. The van der Waals surface area contributed by atoms with Gasteiger partial charge in [0.2, 0.25) is 0 Å². The Kier molecular flexibility index (Phi) is 4.01. The number of nitrogens with two attached hydrogens (primary N) is 1. The van der Waals surface area contributed by atoms with Gasteiger partial charge in [0.1, 0.15) is 5.01 Å². The second-order valence-corrected chi connectivity index (χ2v) is 2.53. The summed E-state index contributed by atoms with van der Waals surface area (Å²) in [6.45, 7) is 2.54. The van der Waals surface area contributed by atoms with E-state index in [1.165, 1.54) is 0 Å². The molecule has 0 aromatic carbocycles. The molecule has 0 saturated carbocycles. The van der Waals surface area contributed by atoms with Crippen molar-refractivity contribution in [2.24, 2.45) is 5.73 Å². The van der Waals surface area contributed by atoms with E-state index in [9.17, 15) is 0 Å². The Balaban J connectivity index is 0.000000640. The van der Waals surface area contributed by atoms with Crippen LogP contribution < -0.4 is 5.73 Å². The summed E-state index contributed by atoms with van der Waals surface area (Å²) in [5.74, 6) is 0. The first-order valence-electron chi connectivity index (χ1n) is 2.44. The third-order valence-corrected chi connectivity index (χ3v) is 1.83. The van der Waals surface area contributed by atoms with E-state index in [0.29, 0.717) is 6.54 Å². The third kappa shape index (κ3) is 2.43. The predicted molar refractivity (Wildman–Crippen MR) is 45.1 cm³/mol. The van der Waals surface area contributed by atoms with Crippen molar-refractivity contribution in [2.75, 3.05) is 0 Å². The standard InChI is InChI=1S/C5H8N2S.BrH/c1-4-3-8-5(2-6)7-4;/h3H,2,6H2,1H3;1H. The van der Waals surface area contributed by atoms with E-state index in [2.05, 4.69) is 4.98 Å². The normalized spacial score (nSPS) is 8.67. The van der Waals surface area contributed by atoms with Crippen LogP contribution >= 0.6 is 28.3 Å². The highest BCUT2D eigenvalue weighted by Crippen LogP contribution is 2.06. The molecular formula is C5H9BrN2S. The Morgan fingerprint density at radius 3 is 2.67 bits per heavy atom. The van der Waals surface area contributed by atoms with Crippen LogP contribution in [0.4, 0.5) is 0 Å². The molecule has 2 nitrogen and oxygen atoms in total. The maximum atomic E-state index is 5.31. The van der Waals surface area contributed by atoms with Crippen LogP contribution in [0.5, 0.6) is 0 Å². The highest BCUT2D eigenvalue weighted by atomic mass is 79.9. The second kappa shape index (κ2) is 3.98. The van der Waals surface area contributed by atoms with Gasteiger partial charge in [0, 0.05) is 17.6 Å². The molecule has 0 radical (unpaired) electrons. The third-order valence-electron chi connectivity index (χ3n) is 0.841. The molecule has 0 aliphatic carbocycles. The average molecular weight is 209 g/mol. The average Bonchev–Trinajstić information content (AvgIpc) is 2.14. The zero-order valence-electron chi connectivity index (χ0n) is 5.13.